The summed E-state index contributed by atoms with van der Waals surface area (Å²) in [5.41, 5.74) is 3.97. The van der Waals surface area contributed by atoms with Gasteiger partial charge in [0.25, 0.3) is 11.6 Å². The number of hydrogen-bond acceptors (Lipinski definition) is 6. The molecule has 1 aromatic heterocycles. The van der Waals surface area contributed by atoms with Crippen molar-refractivity contribution in [3.63, 3.8) is 0 Å². The van der Waals surface area contributed by atoms with E-state index < -0.39 is 10.8 Å². The number of nitrogens with zero attached hydrogens (tertiary/aromatic N) is 4. The SMILES string of the molecule is CCCCc1ccc(-n2nc3cc(Cl)c(NC(=S)NC(=O)c4cccc([N+](=O)[O-])c4C)cc3n2)cc1. The molecule has 0 fully saturated rings. The second kappa shape index (κ2) is 10.8. The van der Waals surface area contributed by atoms with Crippen molar-refractivity contribution in [1.82, 2.24) is 20.3 Å². The minimum absolute atomic E-state index is 0.0118. The molecule has 36 heavy (non-hydrogen) atoms. The molecule has 0 spiro atoms. The van der Waals surface area contributed by atoms with Crippen LogP contribution >= 0.6 is 23.8 Å². The summed E-state index contributed by atoms with van der Waals surface area (Å²) in [4.78, 5) is 24.8. The van der Waals surface area contributed by atoms with E-state index in [1.807, 2.05) is 12.1 Å². The summed E-state index contributed by atoms with van der Waals surface area (Å²) in [6, 6.07) is 15.7. The Balaban J connectivity index is 1.50. The molecule has 1 heterocycles. The summed E-state index contributed by atoms with van der Waals surface area (Å²) in [6.45, 7) is 3.68. The molecule has 0 unspecified atom stereocenters. The molecule has 0 aliphatic rings. The van der Waals surface area contributed by atoms with Crippen LogP contribution in [0.5, 0.6) is 0 Å². The fraction of sp³-hybridized carbons (Fsp3) is 0.200. The van der Waals surface area contributed by atoms with E-state index in [0.717, 1.165) is 24.9 Å². The zero-order chi connectivity index (χ0) is 25.8. The molecule has 2 N–H and O–H groups in total. The number of anilines is 1. The van der Waals surface area contributed by atoms with Crippen molar-refractivity contribution >= 4 is 57.2 Å². The van der Waals surface area contributed by atoms with E-state index in [0.29, 0.717) is 21.7 Å². The average molecular weight is 523 g/mol. The standard InChI is InChI=1S/C25H23ClN6O3S/c1-3-4-6-16-9-11-17(12-10-16)31-29-21-13-19(26)20(14-22(21)30-31)27-25(36)28-24(33)18-7-5-8-23(15(18)2)32(34)35/h5,7-14H,3-4,6H2,1-2H3,(H2,27,28,33,36). The maximum Gasteiger partial charge on any atom is 0.273 e. The van der Waals surface area contributed by atoms with Crippen LogP contribution in [0, 0.1) is 17.0 Å². The average Bonchev–Trinajstić information content (AvgIpc) is 3.25. The predicted molar refractivity (Wildman–Crippen MR) is 144 cm³/mol. The Morgan fingerprint density at radius 3 is 2.50 bits per heavy atom. The fourth-order valence-electron chi connectivity index (χ4n) is 3.72. The van der Waals surface area contributed by atoms with E-state index in [1.54, 1.807) is 16.9 Å². The molecule has 9 nitrogen and oxygen atoms in total. The van der Waals surface area contributed by atoms with Gasteiger partial charge in [-0.2, -0.15) is 4.80 Å². The minimum Gasteiger partial charge on any atom is -0.331 e. The Hall–Kier alpha value is -3.89. The highest BCUT2D eigenvalue weighted by Gasteiger charge is 2.19. The lowest BCUT2D eigenvalue weighted by atomic mass is 10.1. The molecule has 0 radical (unpaired) electrons. The van der Waals surface area contributed by atoms with Gasteiger partial charge in [-0.05, 0) is 67.9 Å². The number of fused-ring (bicyclic) bond motifs is 1. The van der Waals surface area contributed by atoms with Crippen LogP contribution in [0.15, 0.2) is 54.6 Å². The molecule has 11 heteroatoms. The summed E-state index contributed by atoms with van der Waals surface area (Å²) in [7, 11) is 0. The number of nitrogens with one attached hydrogen (secondary N) is 2. The minimum atomic E-state index is -0.570. The Morgan fingerprint density at radius 2 is 1.83 bits per heavy atom. The molecular formula is C25H23ClN6O3S. The number of amides is 1. The number of aryl methyl sites for hydroxylation is 1. The third-order valence-electron chi connectivity index (χ3n) is 5.68. The molecule has 4 rings (SSSR count). The summed E-state index contributed by atoms with van der Waals surface area (Å²) in [5.74, 6) is -0.570. The number of benzene rings is 3. The van der Waals surface area contributed by atoms with Gasteiger partial charge < -0.3 is 5.32 Å². The first kappa shape index (κ1) is 25.2. The molecular weight excluding hydrogens is 500 g/mol. The van der Waals surface area contributed by atoms with Crippen LogP contribution in [-0.4, -0.2) is 30.9 Å². The first-order valence-electron chi connectivity index (χ1n) is 11.3. The quantitative estimate of drug-likeness (QED) is 0.180. The van der Waals surface area contributed by atoms with Crippen molar-refractivity contribution in [2.24, 2.45) is 0 Å². The molecule has 0 bridgehead atoms. The second-order valence-corrected chi connectivity index (χ2v) is 9.01. The van der Waals surface area contributed by atoms with Crippen LogP contribution in [-0.2, 0) is 6.42 Å². The fourth-order valence-corrected chi connectivity index (χ4v) is 4.13. The van der Waals surface area contributed by atoms with Gasteiger partial charge in [-0.15, -0.1) is 10.2 Å². The van der Waals surface area contributed by atoms with Gasteiger partial charge in [-0.1, -0.05) is 43.1 Å². The lowest BCUT2D eigenvalue weighted by molar-refractivity contribution is -0.385. The second-order valence-electron chi connectivity index (χ2n) is 8.20. The van der Waals surface area contributed by atoms with E-state index in [9.17, 15) is 14.9 Å². The topological polar surface area (TPSA) is 115 Å². The zero-order valence-electron chi connectivity index (χ0n) is 19.6. The Morgan fingerprint density at radius 1 is 1.14 bits per heavy atom. The van der Waals surface area contributed by atoms with Gasteiger partial charge in [0.15, 0.2) is 5.11 Å². The van der Waals surface area contributed by atoms with E-state index in [1.165, 1.54) is 30.7 Å². The summed E-state index contributed by atoms with van der Waals surface area (Å²) in [5, 5.41) is 26.0. The van der Waals surface area contributed by atoms with Gasteiger partial charge in [0.1, 0.15) is 11.0 Å². The molecule has 0 aliphatic heterocycles. The maximum absolute atomic E-state index is 12.7. The van der Waals surface area contributed by atoms with Crippen LogP contribution in [0.1, 0.15) is 41.3 Å². The Bertz CT molecular complexity index is 1470. The number of carbonyl (C=O) groups is 1. The van der Waals surface area contributed by atoms with E-state index in [-0.39, 0.29) is 21.9 Å². The van der Waals surface area contributed by atoms with E-state index in [2.05, 4.69) is 39.9 Å². The molecule has 3 aromatic carbocycles. The number of halogens is 1. The van der Waals surface area contributed by atoms with Gasteiger partial charge in [-0.25, -0.2) is 0 Å². The maximum atomic E-state index is 12.7. The number of aromatic nitrogens is 3. The van der Waals surface area contributed by atoms with Crippen molar-refractivity contribution in [3.8, 4) is 5.69 Å². The van der Waals surface area contributed by atoms with Crippen LogP contribution < -0.4 is 10.6 Å². The number of nitro benzene ring substituents is 1. The number of nitro groups is 1. The van der Waals surface area contributed by atoms with Gasteiger partial charge in [0, 0.05) is 17.2 Å². The van der Waals surface area contributed by atoms with E-state index >= 15 is 0 Å². The Kier molecular flexibility index (Phi) is 7.56. The van der Waals surface area contributed by atoms with Crippen LogP contribution in [0.3, 0.4) is 0 Å². The van der Waals surface area contributed by atoms with Crippen LogP contribution in [0.2, 0.25) is 5.02 Å². The lowest BCUT2D eigenvalue weighted by Gasteiger charge is -2.12. The third kappa shape index (κ3) is 5.50. The van der Waals surface area contributed by atoms with Crippen molar-refractivity contribution < 1.29 is 9.72 Å². The molecule has 184 valence electrons. The van der Waals surface area contributed by atoms with Gasteiger partial charge in [0.05, 0.1) is 21.3 Å². The number of carbonyl (C=O) groups excluding carboxylic acids is 1. The van der Waals surface area contributed by atoms with Crippen molar-refractivity contribution in [2.75, 3.05) is 5.32 Å². The smallest absolute Gasteiger partial charge is 0.273 e. The number of rotatable bonds is 7. The van der Waals surface area contributed by atoms with Gasteiger partial charge >= 0.3 is 0 Å². The normalized spacial score (nSPS) is 10.9. The van der Waals surface area contributed by atoms with Gasteiger partial charge in [-0.3, -0.25) is 20.2 Å². The van der Waals surface area contributed by atoms with Crippen molar-refractivity contribution in [3.05, 3.63) is 86.4 Å². The number of hydrogen-bond donors (Lipinski definition) is 2. The lowest BCUT2D eigenvalue weighted by Crippen LogP contribution is -2.34. The number of thiocarbonyl (C=S) groups is 1. The highest BCUT2D eigenvalue weighted by molar-refractivity contribution is 7.80. The molecule has 0 aliphatic carbocycles. The van der Waals surface area contributed by atoms with E-state index in [4.69, 9.17) is 23.8 Å². The third-order valence-corrected chi connectivity index (χ3v) is 6.19. The molecule has 0 atom stereocenters. The van der Waals surface area contributed by atoms with Gasteiger partial charge in [0.2, 0.25) is 0 Å². The molecule has 1 amide bonds. The molecule has 0 saturated carbocycles. The summed E-state index contributed by atoms with van der Waals surface area (Å²) in [6.07, 6.45) is 3.32. The van der Waals surface area contributed by atoms with Crippen LogP contribution in [0.25, 0.3) is 16.7 Å². The molecule has 0 saturated heterocycles. The monoisotopic (exact) mass is 522 g/mol. The zero-order valence-corrected chi connectivity index (χ0v) is 21.2. The first-order valence-corrected chi connectivity index (χ1v) is 12.1. The number of unbranched alkanes of at least 4 members (excludes halogenated alkanes) is 1. The highest BCUT2D eigenvalue weighted by Crippen LogP contribution is 2.27. The predicted octanol–water partition coefficient (Wildman–Crippen LogP) is 5.76. The highest BCUT2D eigenvalue weighted by atomic mass is 35.5. The molecule has 4 aromatic rings. The largest absolute Gasteiger partial charge is 0.331 e. The summed E-state index contributed by atoms with van der Waals surface area (Å²) >= 11 is 11.7. The first-order chi connectivity index (χ1) is 17.3. The summed E-state index contributed by atoms with van der Waals surface area (Å²) < 4.78 is 0. The van der Waals surface area contributed by atoms with Crippen LogP contribution in [0.4, 0.5) is 11.4 Å². The van der Waals surface area contributed by atoms with Crippen molar-refractivity contribution in [2.45, 2.75) is 33.1 Å². The van der Waals surface area contributed by atoms with Crippen molar-refractivity contribution in [1.29, 1.82) is 0 Å². The Labute approximate surface area is 217 Å².